The number of benzene rings is 1. The quantitative estimate of drug-likeness (QED) is 0.512. The summed E-state index contributed by atoms with van der Waals surface area (Å²) in [5.74, 6) is -0.524. The van der Waals surface area contributed by atoms with Crippen LogP contribution in [-0.2, 0) is 9.59 Å². The molecule has 1 saturated heterocycles. The molecule has 1 N–H and O–H groups in total. The van der Waals surface area contributed by atoms with Crippen molar-refractivity contribution < 1.29 is 14.5 Å². The van der Waals surface area contributed by atoms with E-state index in [0.29, 0.717) is 5.69 Å². The molecule has 2 amide bonds. The first-order valence-corrected chi connectivity index (χ1v) is 6.27. The number of nitrogens with zero attached hydrogens (tertiary/aromatic N) is 2. The maximum absolute atomic E-state index is 12.1. The Balaban J connectivity index is 2.15. The van der Waals surface area contributed by atoms with Crippen LogP contribution in [0.1, 0.15) is 20.3 Å². The highest BCUT2D eigenvalue weighted by Gasteiger charge is 2.39. The second-order valence-corrected chi connectivity index (χ2v) is 4.90. The van der Waals surface area contributed by atoms with E-state index >= 15 is 0 Å². The van der Waals surface area contributed by atoms with Crippen molar-refractivity contribution in [2.75, 3.05) is 5.32 Å². The topological polar surface area (TPSA) is 92.6 Å². The van der Waals surface area contributed by atoms with Crippen LogP contribution in [0.5, 0.6) is 0 Å². The maximum atomic E-state index is 12.1. The lowest BCUT2D eigenvalue weighted by Crippen LogP contribution is -2.39. The monoisotopic (exact) mass is 277 g/mol. The molecule has 0 saturated carbocycles. The van der Waals surface area contributed by atoms with Gasteiger partial charge in [-0.2, -0.15) is 0 Å². The van der Waals surface area contributed by atoms with Crippen LogP contribution in [-0.4, -0.2) is 33.7 Å². The molecule has 0 radical (unpaired) electrons. The summed E-state index contributed by atoms with van der Waals surface area (Å²) in [6.07, 6.45) is 0.0692. The van der Waals surface area contributed by atoms with Gasteiger partial charge in [0.05, 0.1) is 11.3 Å². The Morgan fingerprint density at radius 2 is 2.10 bits per heavy atom. The molecule has 1 unspecified atom stereocenters. The van der Waals surface area contributed by atoms with E-state index in [4.69, 9.17) is 0 Å². The van der Waals surface area contributed by atoms with Crippen LogP contribution in [0.3, 0.4) is 0 Å². The molecule has 0 aromatic heterocycles. The fourth-order valence-electron chi connectivity index (χ4n) is 2.22. The largest absolute Gasteiger partial charge is 0.373 e. The van der Waals surface area contributed by atoms with Crippen LogP contribution in [0.4, 0.5) is 11.4 Å². The molecule has 0 aliphatic carbocycles. The molecular weight excluding hydrogens is 262 g/mol. The van der Waals surface area contributed by atoms with Gasteiger partial charge in [0, 0.05) is 23.9 Å². The third-order valence-corrected chi connectivity index (χ3v) is 3.10. The number of likely N-dealkylation sites (tertiary alicyclic amines) is 1. The van der Waals surface area contributed by atoms with Crippen molar-refractivity contribution in [3.8, 4) is 0 Å². The number of anilines is 1. The minimum absolute atomic E-state index is 0.0625. The van der Waals surface area contributed by atoms with Crippen molar-refractivity contribution in [2.24, 2.45) is 0 Å². The van der Waals surface area contributed by atoms with Gasteiger partial charge in [-0.05, 0) is 19.9 Å². The van der Waals surface area contributed by atoms with Crippen molar-refractivity contribution in [3.05, 3.63) is 34.4 Å². The Bertz CT molecular complexity index is 570. The van der Waals surface area contributed by atoms with E-state index in [2.05, 4.69) is 5.32 Å². The van der Waals surface area contributed by atoms with Crippen LogP contribution < -0.4 is 5.32 Å². The van der Waals surface area contributed by atoms with Gasteiger partial charge in [-0.25, -0.2) is 0 Å². The number of carbonyl (C=O) groups is 2. The lowest BCUT2D eigenvalue weighted by Gasteiger charge is -2.19. The molecule has 1 fully saturated rings. The molecule has 106 valence electrons. The molecule has 2 rings (SSSR count). The predicted octanol–water partition coefficient (Wildman–Crippen LogP) is 1.54. The number of imide groups is 1. The molecule has 1 atom stereocenters. The zero-order chi connectivity index (χ0) is 14.9. The summed E-state index contributed by atoms with van der Waals surface area (Å²) in [4.78, 5) is 35.3. The highest BCUT2D eigenvalue weighted by Crippen LogP contribution is 2.22. The fourth-order valence-corrected chi connectivity index (χ4v) is 2.22. The van der Waals surface area contributed by atoms with Crippen molar-refractivity contribution in [2.45, 2.75) is 32.4 Å². The van der Waals surface area contributed by atoms with Crippen LogP contribution in [0.25, 0.3) is 0 Å². The second-order valence-electron chi connectivity index (χ2n) is 4.90. The number of amides is 2. The van der Waals surface area contributed by atoms with Crippen molar-refractivity contribution in [1.29, 1.82) is 0 Å². The van der Waals surface area contributed by atoms with Crippen LogP contribution >= 0.6 is 0 Å². The zero-order valence-electron chi connectivity index (χ0n) is 11.2. The summed E-state index contributed by atoms with van der Waals surface area (Å²) in [5, 5.41) is 13.6. The first-order chi connectivity index (χ1) is 9.40. The highest BCUT2D eigenvalue weighted by atomic mass is 16.6. The molecule has 1 aromatic carbocycles. The summed E-state index contributed by atoms with van der Waals surface area (Å²) in [5.41, 5.74) is 0.392. The first-order valence-electron chi connectivity index (χ1n) is 6.27. The Morgan fingerprint density at radius 3 is 2.65 bits per heavy atom. The van der Waals surface area contributed by atoms with Crippen LogP contribution in [0, 0.1) is 10.1 Å². The fraction of sp³-hybridized carbons (Fsp3) is 0.385. The Labute approximate surface area is 115 Å². The van der Waals surface area contributed by atoms with E-state index < -0.39 is 11.0 Å². The average Bonchev–Trinajstić information content (AvgIpc) is 2.64. The van der Waals surface area contributed by atoms with E-state index in [1.165, 1.54) is 23.1 Å². The predicted molar refractivity (Wildman–Crippen MR) is 72.1 cm³/mol. The number of carbonyl (C=O) groups excluding carboxylic acids is 2. The highest BCUT2D eigenvalue weighted by molar-refractivity contribution is 6.07. The van der Waals surface area contributed by atoms with Gasteiger partial charge >= 0.3 is 0 Å². The minimum Gasteiger partial charge on any atom is -0.373 e. The van der Waals surface area contributed by atoms with Gasteiger partial charge < -0.3 is 5.32 Å². The molecule has 0 bridgehead atoms. The Morgan fingerprint density at radius 1 is 1.40 bits per heavy atom. The molecule has 1 heterocycles. The lowest BCUT2D eigenvalue weighted by molar-refractivity contribution is -0.384. The number of non-ortho nitro benzene ring substituents is 1. The van der Waals surface area contributed by atoms with Gasteiger partial charge in [0.25, 0.3) is 11.6 Å². The van der Waals surface area contributed by atoms with Gasteiger partial charge in [0.2, 0.25) is 5.91 Å². The van der Waals surface area contributed by atoms with Crippen molar-refractivity contribution >= 4 is 23.2 Å². The van der Waals surface area contributed by atoms with E-state index in [9.17, 15) is 19.7 Å². The number of hydrogen-bond donors (Lipinski definition) is 1. The third kappa shape index (κ3) is 2.61. The van der Waals surface area contributed by atoms with Crippen molar-refractivity contribution in [1.82, 2.24) is 4.90 Å². The van der Waals surface area contributed by atoms with E-state index in [0.717, 1.165) is 0 Å². The van der Waals surface area contributed by atoms with Gasteiger partial charge in [-0.1, -0.05) is 6.07 Å². The Kier molecular flexibility index (Phi) is 3.69. The SMILES string of the molecule is CC(C)N1C(=O)CC(Nc2cccc([N+](=O)[O-])c2)C1=O. The molecule has 1 aromatic rings. The van der Waals surface area contributed by atoms with Gasteiger partial charge in [-0.15, -0.1) is 0 Å². The van der Waals surface area contributed by atoms with E-state index in [1.807, 2.05) is 0 Å². The second kappa shape index (κ2) is 5.28. The first kappa shape index (κ1) is 14.0. The van der Waals surface area contributed by atoms with Crippen LogP contribution in [0.15, 0.2) is 24.3 Å². The normalized spacial score (nSPS) is 18.8. The lowest BCUT2D eigenvalue weighted by atomic mass is 10.2. The molecule has 0 spiro atoms. The molecular formula is C13H15N3O4. The van der Waals surface area contributed by atoms with Crippen LogP contribution in [0.2, 0.25) is 0 Å². The number of nitrogens with one attached hydrogen (secondary N) is 1. The summed E-state index contributed by atoms with van der Waals surface area (Å²) in [6, 6.07) is 5.02. The molecule has 7 heteroatoms. The molecule has 1 aliphatic heterocycles. The summed E-state index contributed by atoms with van der Waals surface area (Å²) in [7, 11) is 0. The summed E-state index contributed by atoms with van der Waals surface area (Å²) >= 11 is 0. The zero-order valence-corrected chi connectivity index (χ0v) is 11.2. The standard InChI is InChI=1S/C13H15N3O4/c1-8(2)15-12(17)7-11(13(15)18)14-9-4-3-5-10(6-9)16(19)20/h3-6,8,11,14H,7H2,1-2H3. The summed E-state index contributed by atoms with van der Waals surface area (Å²) < 4.78 is 0. The van der Waals surface area contributed by atoms with Gasteiger partial charge in [0.15, 0.2) is 0 Å². The summed E-state index contributed by atoms with van der Waals surface area (Å²) in [6.45, 7) is 3.54. The number of hydrogen-bond acceptors (Lipinski definition) is 5. The minimum atomic E-state index is -0.660. The number of nitro groups is 1. The number of rotatable bonds is 4. The van der Waals surface area contributed by atoms with Gasteiger partial charge in [-0.3, -0.25) is 24.6 Å². The van der Waals surface area contributed by atoms with E-state index in [1.54, 1.807) is 19.9 Å². The van der Waals surface area contributed by atoms with Gasteiger partial charge in [0.1, 0.15) is 6.04 Å². The maximum Gasteiger partial charge on any atom is 0.271 e. The van der Waals surface area contributed by atoms with Crippen molar-refractivity contribution in [3.63, 3.8) is 0 Å². The smallest absolute Gasteiger partial charge is 0.271 e. The molecule has 1 aliphatic rings. The number of nitro benzene ring substituents is 1. The third-order valence-electron chi connectivity index (χ3n) is 3.10. The van der Waals surface area contributed by atoms with E-state index in [-0.39, 0.29) is 30.0 Å². The molecule has 20 heavy (non-hydrogen) atoms. The average molecular weight is 277 g/mol. The molecule has 7 nitrogen and oxygen atoms in total. The Hall–Kier alpha value is -2.44.